The predicted molar refractivity (Wildman–Crippen MR) is 65.0 cm³/mol. The van der Waals surface area contributed by atoms with E-state index in [0.29, 0.717) is 6.61 Å². The van der Waals surface area contributed by atoms with Gasteiger partial charge in [-0.25, -0.2) is 0 Å². The van der Waals surface area contributed by atoms with Crippen molar-refractivity contribution in [2.75, 3.05) is 6.61 Å². The molecule has 0 spiro atoms. The molecule has 0 aliphatic rings. The summed E-state index contributed by atoms with van der Waals surface area (Å²) in [4.78, 5) is 4.31. The zero-order valence-electron chi connectivity index (χ0n) is 9.39. The van der Waals surface area contributed by atoms with Crippen molar-refractivity contribution in [1.82, 2.24) is 4.98 Å². The van der Waals surface area contributed by atoms with Gasteiger partial charge in [-0.15, -0.1) is 0 Å². The van der Waals surface area contributed by atoms with Crippen molar-refractivity contribution in [1.29, 1.82) is 0 Å². The van der Waals surface area contributed by atoms with Gasteiger partial charge in [0.25, 0.3) is 0 Å². The summed E-state index contributed by atoms with van der Waals surface area (Å²) in [5.41, 5.74) is 3.34. The molecule has 1 aromatic carbocycles. The average Bonchev–Trinajstić information content (AvgIpc) is 2.38. The summed E-state index contributed by atoms with van der Waals surface area (Å²) in [5.74, 6) is 0. The van der Waals surface area contributed by atoms with Gasteiger partial charge in [-0.2, -0.15) is 0 Å². The number of pyridine rings is 1. The van der Waals surface area contributed by atoms with Crippen LogP contribution in [0, 0.1) is 0 Å². The molecule has 2 aromatic rings. The third-order valence-electron chi connectivity index (χ3n) is 2.39. The van der Waals surface area contributed by atoms with E-state index in [0.717, 1.165) is 17.9 Å². The van der Waals surface area contributed by atoms with Crippen molar-refractivity contribution < 1.29 is 4.74 Å². The largest absolute Gasteiger partial charge is 0.377 e. The molecule has 0 N–H and O–H groups in total. The van der Waals surface area contributed by atoms with Crippen molar-refractivity contribution in [2.24, 2.45) is 0 Å². The molecule has 82 valence electrons. The molecule has 0 bridgehead atoms. The molecule has 0 atom stereocenters. The highest BCUT2D eigenvalue weighted by molar-refractivity contribution is 5.58. The predicted octanol–water partition coefficient (Wildman–Crippen LogP) is 3.29. The van der Waals surface area contributed by atoms with Gasteiger partial charge < -0.3 is 4.74 Å². The van der Waals surface area contributed by atoms with E-state index in [1.165, 1.54) is 5.56 Å². The second-order valence-electron chi connectivity index (χ2n) is 3.55. The third-order valence-corrected chi connectivity index (χ3v) is 2.39. The van der Waals surface area contributed by atoms with E-state index in [1.807, 2.05) is 31.3 Å². The summed E-state index contributed by atoms with van der Waals surface area (Å²) < 4.78 is 5.35. The van der Waals surface area contributed by atoms with Crippen molar-refractivity contribution in [3.63, 3.8) is 0 Å². The van der Waals surface area contributed by atoms with Crippen LogP contribution < -0.4 is 0 Å². The SMILES string of the molecule is CCOCc1ccc(-c2ccccn2)cc1. The van der Waals surface area contributed by atoms with E-state index in [1.54, 1.807) is 0 Å². The highest BCUT2D eigenvalue weighted by Crippen LogP contribution is 2.16. The molecule has 2 heteroatoms. The summed E-state index contributed by atoms with van der Waals surface area (Å²) in [6, 6.07) is 14.3. The Kier molecular flexibility index (Phi) is 3.67. The first-order chi connectivity index (χ1) is 7.90. The number of aromatic nitrogens is 1. The molecule has 16 heavy (non-hydrogen) atoms. The molecule has 2 nitrogen and oxygen atoms in total. The van der Waals surface area contributed by atoms with E-state index >= 15 is 0 Å². The maximum absolute atomic E-state index is 5.35. The number of rotatable bonds is 4. The average molecular weight is 213 g/mol. The molecule has 0 saturated heterocycles. The van der Waals surface area contributed by atoms with Gasteiger partial charge in [-0.3, -0.25) is 4.98 Å². The molecular weight excluding hydrogens is 198 g/mol. The monoisotopic (exact) mass is 213 g/mol. The molecule has 0 radical (unpaired) electrons. The highest BCUT2D eigenvalue weighted by Gasteiger charge is 1.98. The molecule has 0 fully saturated rings. The van der Waals surface area contributed by atoms with Gasteiger partial charge in [-0.1, -0.05) is 30.3 Å². The quantitative estimate of drug-likeness (QED) is 0.777. The second-order valence-corrected chi connectivity index (χ2v) is 3.55. The van der Waals surface area contributed by atoms with E-state index in [2.05, 4.69) is 29.2 Å². The third kappa shape index (κ3) is 2.67. The Balaban J connectivity index is 2.13. The molecule has 1 aromatic heterocycles. The van der Waals surface area contributed by atoms with Gasteiger partial charge in [0.05, 0.1) is 12.3 Å². The number of hydrogen-bond acceptors (Lipinski definition) is 2. The minimum atomic E-state index is 0.680. The fourth-order valence-electron chi connectivity index (χ4n) is 1.53. The minimum absolute atomic E-state index is 0.680. The van der Waals surface area contributed by atoms with Gasteiger partial charge in [-0.05, 0) is 24.6 Å². The lowest BCUT2D eigenvalue weighted by Gasteiger charge is -2.03. The van der Waals surface area contributed by atoms with E-state index in [-0.39, 0.29) is 0 Å². The van der Waals surface area contributed by atoms with Gasteiger partial charge in [0.2, 0.25) is 0 Å². The normalized spacial score (nSPS) is 10.3. The molecule has 0 saturated carbocycles. The summed E-state index contributed by atoms with van der Waals surface area (Å²) >= 11 is 0. The number of benzene rings is 1. The molecule has 0 aliphatic carbocycles. The Morgan fingerprint density at radius 3 is 2.50 bits per heavy atom. The lowest BCUT2D eigenvalue weighted by atomic mass is 10.1. The van der Waals surface area contributed by atoms with E-state index < -0.39 is 0 Å². The van der Waals surface area contributed by atoms with Crippen LogP contribution in [0.3, 0.4) is 0 Å². The van der Waals surface area contributed by atoms with Crippen LogP contribution in [0.15, 0.2) is 48.7 Å². The lowest BCUT2D eigenvalue weighted by molar-refractivity contribution is 0.134. The van der Waals surface area contributed by atoms with Crippen LogP contribution in [0.25, 0.3) is 11.3 Å². The van der Waals surface area contributed by atoms with Crippen LogP contribution in [-0.4, -0.2) is 11.6 Å². The Bertz CT molecular complexity index is 422. The zero-order chi connectivity index (χ0) is 11.2. The van der Waals surface area contributed by atoms with Crippen molar-refractivity contribution in [2.45, 2.75) is 13.5 Å². The first kappa shape index (κ1) is 10.8. The Hall–Kier alpha value is -1.67. The maximum Gasteiger partial charge on any atom is 0.0716 e. The summed E-state index contributed by atoms with van der Waals surface area (Å²) in [5, 5.41) is 0. The van der Waals surface area contributed by atoms with Crippen molar-refractivity contribution in [3.8, 4) is 11.3 Å². The fourth-order valence-corrected chi connectivity index (χ4v) is 1.53. The van der Waals surface area contributed by atoms with Gasteiger partial charge in [0.15, 0.2) is 0 Å². The standard InChI is InChI=1S/C14H15NO/c1-2-16-11-12-6-8-13(9-7-12)14-5-3-4-10-15-14/h3-10H,2,11H2,1H3. The first-order valence-electron chi connectivity index (χ1n) is 5.48. The minimum Gasteiger partial charge on any atom is -0.377 e. The Labute approximate surface area is 95.9 Å². The first-order valence-corrected chi connectivity index (χ1v) is 5.48. The molecule has 0 amide bonds. The van der Waals surface area contributed by atoms with Crippen molar-refractivity contribution in [3.05, 3.63) is 54.2 Å². The van der Waals surface area contributed by atoms with Crippen LogP contribution >= 0.6 is 0 Å². The van der Waals surface area contributed by atoms with Crippen LogP contribution in [0.2, 0.25) is 0 Å². The lowest BCUT2D eigenvalue weighted by Crippen LogP contribution is -1.91. The fraction of sp³-hybridized carbons (Fsp3) is 0.214. The van der Waals surface area contributed by atoms with Crippen LogP contribution in [-0.2, 0) is 11.3 Å². The number of hydrogen-bond donors (Lipinski definition) is 0. The summed E-state index contributed by atoms with van der Waals surface area (Å²) in [6.07, 6.45) is 1.81. The van der Waals surface area contributed by atoms with Crippen LogP contribution in [0.5, 0.6) is 0 Å². The topological polar surface area (TPSA) is 22.1 Å². The molecule has 0 aliphatic heterocycles. The summed E-state index contributed by atoms with van der Waals surface area (Å²) in [6.45, 7) is 3.43. The van der Waals surface area contributed by atoms with E-state index in [4.69, 9.17) is 4.74 Å². The van der Waals surface area contributed by atoms with Crippen molar-refractivity contribution >= 4 is 0 Å². The van der Waals surface area contributed by atoms with Gasteiger partial charge in [0, 0.05) is 18.4 Å². The molecule has 0 unspecified atom stereocenters. The zero-order valence-corrected chi connectivity index (χ0v) is 9.39. The van der Waals surface area contributed by atoms with Crippen LogP contribution in [0.1, 0.15) is 12.5 Å². The number of ether oxygens (including phenoxy) is 1. The Morgan fingerprint density at radius 1 is 1.06 bits per heavy atom. The summed E-state index contributed by atoms with van der Waals surface area (Å²) in [7, 11) is 0. The van der Waals surface area contributed by atoms with Crippen LogP contribution in [0.4, 0.5) is 0 Å². The number of nitrogens with zero attached hydrogens (tertiary/aromatic N) is 1. The van der Waals surface area contributed by atoms with Gasteiger partial charge >= 0.3 is 0 Å². The Morgan fingerprint density at radius 2 is 1.88 bits per heavy atom. The van der Waals surface area contributed by atoms with Gasteiger partial charge in [0.1, 0.15) is 0 Å². The van der Waals surface area contributed by atoms with E-state index in [9.17, 15) is 0 Å². The molecule has 2 rings (SSSR count). The molecular formula is C14H15NO. The smallest absolute Gasteiger partial charge is 0.0716 e. The maximum atomic E-state index is 5.35. The second kappa shape index (κ2) is 5.42. The molecule has 1 heterocycles. The highest BCUT2D eigenvalue weighted by atomic mass is 16.5.